The van der Waals surface area contributed by atoms with E-state index in [1.165, 1.54) is 20.6 Å². The van der Waals surface area contributed by atoms with E-state index in [2.05, 4.69) is 55.1 Å². The minimum absolute atomic E-state index is 0.314. The molecule has 1 aliphatic rings. The monoisotopic (exact) mass is 552 g/mol. The summed E-state index contributed by atoms with van der Waals surface area (Å²) >= 11 is 2.25. The Kier molecular flexibility index (Phi) is 19.9. The fourth-order valence-electron chi connectivity index (χ4n) is 1.82. The summed E-state index contributed by atoms with van der Waals surface area (Å²) in [5.74, 6) is 0. The van der Waals surface area contributed by atoms with Gasteiger partial charge in [-0.1, -0.05) is 0 Å². The first-order valence-corrected chi connectivity index (χ1v) is 18.6. The number of allylic oxidation sites excluding steroid dienone is 4. The van der Waals surface area contributed by atoms with Gasteiger partial charge >= 0.3 is 214 Å². The van der Waals surface area contributed by atoms with Crippen LogP contribution in [0.15, 0.2) is 20.6 Å². The fraction of sp³-hybridized carbons (Fsp3) is 0.818. The summed E-state index contributed by atoms with van der Waals surface area (Å²) < 4.78 is 31.4. The van der Waals surface area contributed by atoms with Crippen LogP contribution in [-0.4, -0.2) is 82.6 Å². The third-order valence-corrected chi connectivity index (χ3v) is 12.5. The van der Waals surface area contributed by atoms with Gasteiger partial charge in [-0.15, -0.1) is 0 Å². The molecule has 0 fully saturated rings. The Morgan fingerprint density at radius 3 is 0.781 bits per heavy atom. The van der Waals surface area contributed by atoms with Crippen molar-refractivity contribution in [1.29, 1.82) is 0 Å². The summed E-state index contributed by atoms with van der Waals surface area (Å²) in [4.78, 5) is 0. The molecule has 0 unspecified atom stereocenters. The molecule has 1 aliphatic carbocycles. The van der Waals surface area contributed by atoms with Gasteiger partial charge < -0.3 is 0 Å². The Labute approximate surface area is 213 Å². The summed E-state index contributed by atoms with van der Waals surface area (Å²) in [6, 6.07) is 0. The van der Waals surface area contributed by atoms with Gasteiger partial charge in [0.15, 0.2) is 0 Å². The molecule has 32 heavy (non-hydrogen) atoms. The van der Waals surface area contributed by atoms with Crippen LogP contribution in [0.5, 0.6) is 0 Å². The normalized spacial score (nSPS) is 17.5. The first-order valence-electron chi connectivity index (χ1n) is 10.2. The average Bonchev–Trinajstić information content (AvgIpc) is 2.89. The predicted molar refractivity (Wildman–Crippen MR) is 143 cm³/mol. The molecule has 0 saturated carbocycles. The van der Waals surface area contributed by atoms with Gasteiger partial charge in [0, 0.05) is 0 Å². The van der Waals surface area contributed by atoms with Crippen molar-refractivity contribution in [2.45, 2.75) is 34.6 Å². The van der Waals surface area contributed by atoms with Crippen LogP contribution in [0.3, 0.4) is 0 Å². The fourth-order valence-corrected chi connectivity index (χ4v) is 2.85. The predicted octanol–water partition coefficient (Wildman–Crippen LogP) is 7.34. The minimum atomic E-state index is -1.40. The number of rotatable bonds is 6. The maximum atomic E-state index is 4.98. The molecule has 0 aromatic heterocycles. The van der Waals surface area contributed by atoms with E-state index in [0.29, 0.717) is 5.41 Å². The molecular formula is C22H51O6P3Ti. The molecule has 6 nitrogen and oxygen atoms in total. The van der Waals surface area contributed by atoms with Crippen molar-refractivity contribution in [2.75, 3.05) is 82.6 Å². The Morgan fingerprint density at radius 2 is 0.750 bits per heavy atom. The van der Waals surface area contributed by atoms with Crippen LogP contribution in [0.1, 0.15) is 34.6 Å². The molecule has 0 aromatic rings. The van der Waals surface area contributed by atoms with Gasteiger partial charge in [-0.05, 0) is 0 Å². The van der Waals surface area contributed by atoms with E-state index < -0.39 is 23.1 Å². The van der Waals surface area contributed by atoms with Gasteiger partial charge in [0.25, 0.3) is 0 Å². The zero-order valence-corrected chi connectivity index (χ0v) is 28.0. The van der Waals surface area contributed by atoms with E-state index in [-0.39, 0.29) is 0 Å². The van der Waals surface area contributed by atoms with Crippen molar-refractivity contribution in [1.82, 2.24) is 0 Å². The Morgan fingerprint density at radius 1 is 0.531 bits per heavy atom. The van der Waals surface area contributed by atoms with Crippen LogP contribution in [0.4, 0.5) is 0 Å². The molecule has 0 spiro atoms. The molecule has 1 rings (SSSR count). The molecule has 0 bridgehead atoms. The number of hydrogen-bond acceptors (Lipinski definition) is 6. The Balaban J connectivity index is -0.000000361. The van der Waals surface area contributed by atoms with Crippen molar-refractivity contribution in [3.8, 4) is 0 Å². The van der Waals surface area contributed by atoms with Crippen LogP contribution < -0.4 is 0 Å². The average molecular weight is 552 g/mol. The van der Waals surface area contributed by atoms with Crippen LogP contribution in [0.2, 0.25) is 0 Å². The van der Waals surface area contributed by atoms with Crippen molar-refractivity contribution in [2.24, 2.45) is 5.41 Å². The topological polar surface area (TPSA) is 55.4 Å². The van der Waals surface area contributed by atoms with Crippen molar-refractivity contribution in [3.05, 3.63) is 20.6 Å². The van der Waals surface area contributed by atoms with E-state index in [1.807, 2.05) is 40.0 Å². The zero-order chi connectivity index (χ0) is 26.6. The maximum absolute atomic E-state index is 4.98. The molecule has 0 aromatic carbocycles. The second-order valence-electron chi connectivity index (χ2n) is 8.73. The molecule has 194 valence electrons. The van der Waals surface area contributed by atoms with E-state index in [9.17, 15) is 0 Å². The van der Waals surface area contributed by atoms with Gasteiger partial charge in [0.05, 0.1) is 0 Å². The number of hydrogen-bond donors (Lipinski definition) is 0. The quantitative estimate of drug-likeness (QED) is 0.254. The summed E-state index contributed by atoms with van der Waals surface area (Å²) in [7, 11) is 5.77. The van der Waals surface area contributed by atoms with Crippen LogP contribution in [-0.2, 0) is 47.6 Å². The molecule has 0 heterocycles. The van der Waals surface area contributed by atoms with E-state index in [4.69, 9.17) is 27.1 Å². The van der Waals surface area contributed by atoms with Crippen molar-refractivity contribution in [3.63, 3.8) is 0 Å². The Bertz CT molecular complexity index is 520. The summed E-state index contributed by atoms with van der Waals surface area (Å²) in [5, 5.41) is 0. The van der Waals surface area contributed by atoms with E-state index >= 15 is 0 Å². The Hall–Kier alpha value is 1.24. The SMILES string of the molecule is CC1=C(C)C(C)(C)[C]([Ti+3])=C1C.CO[P-](C)(C)OC.CO[P-](C)(C)OC.CO[P-](C)(C)OC. The van der Waals surface area contributed by atoms with Gasteiger partial charge in [-0.2, -0.15) is 0 Å². The third kappa shape index (κ3) is 15.3. The summed E-state index contributed by atoms with van der Waals surface area (Å²) in [6.07, 6.45) is 0. The summed E-state index contributed by atoms with van der Waals surface area (Å²) in [5.41, 5.74) is 4.83. The van der Waals surface area contributed by atoms with Crippen LogP contribution in [0.25, 0.3) is 0 Å². The summed E-state index contributed by atoms with van der Waals surface area (Å²) in [6.45, 7) is 23.1. The van der Waals surface area contributed by atoms with E-state index in [1.54, 1.807) is 42.7 Å². The van der Waals surface area contributed by atoms with Gasteiger partial charge in [-0.25, -0.2) is 0 Å². The third-order valence-electron chi connectivity index (χ3n) is 5.70. The second kappa shape index (κ2) is 16.8. The van der Waals surface area contributed by atoms with Gasteiger partial charge in [0.2, 0.25) is 0 Å². The molecule has 0 aliphatic heterocycles. The first-order chi connectivity index (χ1) is 14.3. The molecule has 0 saturated heterocycles. The first kappa shape index (κ1) is 37.8. The van der Waals surface area contributed by atoms with Crippen molar-refractivity contribution < 1.29 is 47.6 Å². The molecule has 10 heteroatoms. The molecule has 0 atom stereocenters. The zero-order valence-electron chi connectivity index (χ0n) is 23.8. The van der Waals surface area contributed by atoms with E-state index in [0.717, 1.165) is 0 Å². The van der Waals surface area contributed by atoms with Gasteiger partial charge in [-0.3, -0.25) is 0 Å². The van der Waals surface area contributed by atoms with Gasteiger partial charge in [0.1, 0.15) is 0 Å². The van der Waals surface area contributed by atoms with Crippen LogP contribution in [0, 0.1) is 5.41 Å². The van der Waals surface area contributed by atoms with Crippen molar-refractivity contribution >= 4 is 23.1 Å². The van der Waals surface area contributed by atoms with Crippen LogP contribution >= 0.6 is 23.1 Å². The standard InChI is InChI=1S/C10H15.3C4H12O2P.Ti/c1-7-6-10(4,5)9(3)8(7)2;3*1-5-7(3,4)6-2;/h1-5H3;3*1-4H3;/q;3*-1;+3. The molecule has 0 N–H and O–H groups in total. The molecule has 0 radical (unpaired) electrons. The second-order valence-corrected chi connectivity index (χ2v) is 19.2. The molecule has 0 amide bonds. The molecular weight excluding hydrogens is 501 g/mol.